The largest absolute Gasteiger partial charge is 0.459 e. The van der Waals surface area contributed by atoms with Gasteiger partial charge in [0.15, 0.2) is 5.58 Å². The van der Waals surface area contributed by atoms with Crippen LogP contribution in [0.4, 0.5) is 16.2 Å². The lowest BCUT2D eigenvalue weighted by molar-refractivity contribution is 0.251. The van der Waals surface area contributed by atoms with Crippen molar-refractivity contribution in [3.05, 3.63) is 89.0 Å². The van der Waals surface area contributed by atoms with E-state index in [2.05, 4.69) is 16.0 Å². The number of nitrogens with one attached hydrogen (secondary N) is 2. The Labute approximate surface area is 178 Å². The molecule has 8 nitrogen and oxygen atoms in total. The summed E-state index contributed by atoms with van der Waals surface area (Å²) < 4.78 is 11.5. The van der Waals surface area contributed by atoms with Gasteiger partial charge in [0.2, 0.25) is 0 Å². The number of nitrogens with zero attached hydrogens (tertiary/aromatic N) is 2. The Morgan fingerprint density at radius 3 is 2.55 bits per heavy atom. The molecule has 4 rings (SSSR count). The average molecular weight is 416 g/mol. The van der Waals surface area contributed by atoms with Crippen molar-refractivity contribution in [3.8, 4) is 11.5 Å². The van der Waals surface area contributed by atoms with Gasteiger partial charge in [0, 0.05) is 11.1 Å². The summed E-state index contributed by atoms with van der Waals surface area (Å²) in [4.78, 5) is 23.9. The summed E-state index contributed by atoms with van der Waals surface area (Å²) in [6.45, 7) is 3.68. The van der Waals surface area contributed by atoms with Crippen LogP contribution < -0.4 is 20.6 Å². The van der Waals surface area contributed by atoms with Crippen molar-refractivity contribution in [2.45, 2.75) is 13.8 Å². The van der Waals surface area contributed by atoms with E-state index >= 15 is 0 Å². The first-order valence-electron chi connectivity index (χ1n) is 9.57. The lowest BCUT2D eigenvalue weighted by atomic mass is 10.2. The molecule has 0 aliphatic carbocycles. The van der Waals surface area contributed by atoms with Crippen LogP contribution in [-0.4, -0.2) is 6.03 Å². The first-order valence-corrected chi connectivity index (χ1v) is 9.57. The molecule has 0 atom stereocenters. The minimum atomic E-state index is -0.629. The molecule has 0 unspecified atom stereocenters. The van der Waals surface area contributed by atoms with Gasteiger partial charge in [-0.3, -0.25) is 0 Å². The highest BCUT2D eigenvalue weighted by Gasteiger charge is 2.17. The SMILES string of the molecule is Cc1cc2cccc(N(N=O)NC(=O)Nc3ccc(Oc4ccccc4)c(C)c3)c2o1. The molecule has 0 saturated heterocycles. The average Bonchev–Trinajstić information content (AvgIpc) is 3.15. The molecule has 0 radical (unpaired) electrons. The highest BCUT2D eigenvalue weighted by atomic mass is 16.5. The molecule has 0 aliphatic rings. The van der Waals surface area contributed by atoms with Crippen LogP contribution in [0.25, 0.3) is 11.0 Å². The molecule has 3 aromatic carbocycles. The fraction of sp³-hybridized carbons (Fsp3) is 0.0870. The molecule has 8 heteroatoms. The maximum atomic E-state index is 12.5. The molecule has 156 valence electrons. The van der Waals surface area contributed by atoms with Crippen LogP contribution in [0.5, 0.6) is 11.5 Å². The molecule has 0 fully saturated rings. The Morgan fingerprint density at radius 2 is 1.81 bits per heavy atom. The summed E-state index contributed by atoms with van der Waals surface area (Å²) in [5.41, 5.74) is 4.58. The molecular formula is C23H20N4O4. The molecule has 0 bridgehead atoms. The number of hydrogen-bond donors (Lipinski definition) is 2. The second-order valence-corrected chi connectivity index (χ2v) is 6.91. The van der Waals surface area contributed by atoms with E-state index in [0.29, 0.717) is 28.5 Å². The van der Waals surface area contributed by atoms with Gasteiger partial charge in [-0.15, -0.1) is 10.0 Å². The van der Waals surface area contributed by atoms with Crippen LogP contribution in [0.2, 0.25) is 0 Å². The number of para-hydroxylation sites is 2. The number of hydrogen-bond acceptors (Lipinski definition) is 5. The van der Waals surface area contributed by atoms with Gasteiger partial charge in [-0.2, -0.15) is 0 Å². The van der Waals surface area contributed by atoms with Crippen molar-refractivity contribution >= 4 is 28.4 Å². The molecule has 0 spiro atoms. The molecule has 0 aliphatic heterocycles. The number of fused-ring (bicyclic) bond motifs is 1. The zero-order valence-electron chi connectivity index (χ0n) is 17.0. The van der Waals surface area contributed by atoms with E-state index in [-0.39, 0.29) is 0 Å². The minimum absolute atomic E-state index is 0.332. The molecule has 1 heterocycles. The first-order chi connectivity index (χ1) is 15.0. The quantitative estimate of drug-likeness (QED) is 0.294. The molecule has 2 N–H and O–H groups in total. The van der Waals surface area contributed by atoms with Crippen LogP contribution in [-0.2, 0) is 0 Å². The van der Waals surface area contributed by atoms with Crippen molar-refractivity contribution in [2.24, 2.45) is 5.29 Å². The van der Waals surface area contributed by atoms with Crippen molar-refractivity contribution in [3.63, 3.8) is 0 Å². The predicted molar refractivity (Wildman–Crippen MR) is 119 cm³/mol. The van der Waals surface area contributed by atoms with Gasteiger partial charge < -0.3 is 14.5 Å². The summed E-state index contributed by atoms with van der Waals surface area (Å²) in [5.74, 6) is 2.08. The first kappa shape index (κ1) is 20.0. The van der Waals surface area contributed by atoms with E-state index in [1.807, 2.05) is 49.4 Å². The van der Waals surface area contributed by atoms with Gasteiger partial charge in [0.25, 0.3) is 0 Å². The maximum Gasteiger partial charge on any atom is 0.339 e. The second kappa shape index (κ2) is 8.58. The third kappa shape index (κ3) is 4.48. The Kier molecular flexibility index (Phi) is 5.53. The molecular weight excluding hydrogens is 396 g/mol. The van der Waals surface area contributed by atoms with E-state index in [1.54, 1.807) is 37.3 Å². The fourth-order valence-electron chi connectivity index (χ4n) is 3.18. The highest BCUT2D eigenvalue weighted by molar-refractivity contribution is 5.94. The molecule has 1 aromatic heterocycles. The van der Waals surface area contributed by atoms with Gasteiger partial charge in [-0.05, 0) is 61.9 Å². The number of urea groups is 1. The monoisotopic (exact) mass is 416 g/mol. The van der Waals surface area contributed by atoms with E-state index in [4.69, 9.17) is 9.15 Å². The van der Waals surface area contributed by atoms with E-state index in [1.165, 1.54) is 0 Å². The topological polar surface area (TPSA) is 96.2 Å². The summed E-state index contributed by atoms with van der Waals surface area (Å²) in [5, 5.41) is 7.23. The number of carbonyl (C=O) groups is 1. The van der Waals surface area contributed by atoms with E-state index in [9.17, 15) is 9.70 Å². The number of hydrazine groups is 1. The minimum Gasteiger partial charge on any atom is -0.459 e. The molecule has 4 aromatic rings. The number of amides is 2. The van der Waals surface area contributed by atoms with Crippen molar-refractivity contribution in [1.29, 1.82) is 0 Å². The summed E-state index contributed by atoms with van der Waals surface area (Å²) in [6.07, 6.45) is 0. The van der Waals surface area contributed by atoms with Gasteiger partial charge in [-0.1, -0.05) is 30.3 Å². The molecule has 0 saturated carbocycles. The number of ether oxygens (including phenoxy) is 1. The Bertz CT molecular complexity index is 1240. The lowest BCUT2D eigenvalue weighted by Gasteiger charge is -2.17. The van der Waals surface area contributed by atoms with Crippen molar-refractivity contribution < 1.29 is 13.9 Å². The van der Waals surface area contributed by atoms with Crippen LogP contribution in [0.1, 0.15) is 11.3 Å². The van der Waals surface area contributed by atoms with Crippen LogP contribution in [0.3, 0.4) is 0 Å². The zero-order chi connectivity index (χ0) is 21.8. The van der Waals surface area contributed by atoms with Gasteiger partial charge in [0.1, 0.15) is 22.9 Å². The van der Waals surface area contributed by atoms with Crippen LogP contribution >= 0.6 is 0 Å². The van der Waals surface area contributed by atoms with Crippen molar-refractivity contribution in [1.82, 2.24) is 5.43 Å². The summed E-state index contributed by atoms with van der Waals surface area (Å²) in [6, 6.07) is 21.1. The molecule has 2 amide bonds. The normalized spacial score (nSPS) is 10.5. The maximum absolute atomic E-state index is 12.5. The standard InChI is InChI=1S/C23H20N4O4/c1-15-13-18(11-12-21(15)31-19-8-4-3-5-9-19)24-23(28)25-27(26-29)20-10-6-7-17-14-16(2)30-22(17)20/h3-14H,1-2H3,(H2,24,25,28). The number of nitroso groups, excluding NO2 is 1. The number of aryl methyl sites for hydroxylation is 2. The fourth-order valence-corrected chi connectivity index (χ4v) is 3.18. The predicted octanol–water partition coefficient (Wildman–Crippen LogP) is 6.07. The van der Waals surface area contributed by atoms with Crippen LogP contribution in [0, 0.1) is 18.8 Å². The number of carbonyl (C=O) groups excluding carboxylic acids is 1. The Hall–Kier alpha value is -4.33. The van der Waals surface area contributed by atoms with Gasteiger partial charge >= 0.3 is 6.03 Å². The lowest BCUT2D eigenvalue weighted by Crippen LogP contribution is -2.41. The Balaban J connectivity index is 1.46. The number of benzene rings is 3. The van der Waals surface area contributed by atoms with Gasteiger partial charge in [0.05, 0.1) is 5.29 Å². The van der Waals surface area contributed by atoms with Crippen molar-refractivity contribution in [2.75, 3.05) is 10.4 Å². The summed E-state index contributed by atoms with van der Waals surface area (Å²) >= 11 is 0. The molecule has 31 heavy (non-hydrogen) atoms. The third-order valence-corrected chi connectivity index (χ3v) is 4.57. The highest BCUT2D eigenvalue weighted by Crippen LogP contribution is 2.29. The smallest absolute Gasteiger partial charge is 0.339 e. The number of rotatable bonds is 6. The van der Waals surface area contributed by atoms with Gasteiger partial charge in [-0.25, -0.2) is 10.2 Å². The van der Waals surface area contributed by atoms with E-state index < -0.39 is 6.03 Å². The summed E-state index contributed by atoms with van der Waals surface area (Å²) in [7, 11) is 0. The zero-order valence-corrected chi connectivity index (χ0v) is 17.0. The number of furan rings is 1. The Morgan fingerprint density at radius 1 is 1.00 bits per heavy atom. The second-order valence-electron chi connectivity index (χ2n) is 6.91. The third-order valence-electron chi connectivity index (χ3n) is 4.57. The number of anilines is 2. The van der Waals surface area contributed by atoms with Crippen LogP contribution in [0.15, 0.2) is 82.5 Å². The van der Waals surface area contributed by atoms with E-state index in [0.717, 1.165) is 21.8 Å².